The van der Waals surface area contributed by atoms with E-state index in [1.54, 1.807) is 0 Å². The van der Waals surface area contributed by atoms with Crippen LogP contribution in [0.4, 0.5) is 0 Å². The van der Waals surface area contributed by atoms with Gasteiger partial charge in [-0.25, -0.2) is 0 Å². The summed E-state index contributed by atoms with van der Waals surface area (Å²) in [7, 11) is 0. The fourth-order valence-electron chi connectivity index (χ4n) is 7.38. The summed E-state index contributed by atoms with van der Waals surface area (Å²) in [6.07, 6.45) is 4.46. The van der Waals surface area contributed by atoms with Crippen LogP contribution in [0.25, 0.3) is 0 Å². The molecule has 3 aliphatic heterocycles. The number of halogens is 2. The molecule has 2 unspecified atom stereocenters. The molecule has 0 spiro atoms. The second-order valence-electron chi connectivity index (χ2n) is 13.0. The molecule has 5 atom stereocenters. The topological polar surface area (TPSA) is 52.7 Å². The first-order valence-electron chi connectivity index (χ1n) is 14.5. The summed E-state index contributed by atoms with van der Waals surface area (Å²) in [5.74, 6) is 1.03. The van der Waals surface area contributed by atoms with Crippen LogP contribution in [0.15, 0.2) is 36.4 Å². The second-order valence-corrected chi connectivity index (χ2v) is 13.9. The number of nitrogens with zero attached hydrogens (tertiary/aromatic N) is 2. The number of nitrogens with one attached hydrogen (secondary N) is 1. The SMILES string of the molecule is C[C@H]1Cc2cc(Cl)ccc2CN1C(=O)C1CC1CC(C)(C)[C@H]1Cc2ccc(Cl)cc2CN1C(=O)[C@H]1CCNC1. The van der Waals surface area contributed by atoms with Crippen molar-refractivity contribution in [1.82, 2.24) is 15.1 Å². The number of amides is 2. The summed E-state index contributed by atoms with van der Waals surface area (Å²) in [5.41, 5.74) is 4.80. The minimum absolute atomic E-state index is 0.0395. The number of rotatable bonds is 5. The van der Waals surface area contributed by atoms with E-state index in [9.17, 15) is 9.59 Å². The normalized spacial score (nSPS) is 28.2. The molecule has 2 fully saturated rings. The first-order chi connectivity index (χ1) is 18.6. The predicted molar refractivity (Wildman–Crippen MR) is 156 cm³/mol. The molecule has 2 amide bonds. The zero-order valence-electron chi connectivity index (χ0n) is 23.2. The highest BCUT2D eigenvalue weighted by atomic mass is 35.5. The molecule has 7 heteroatoms. The third-order valence-corrected chi connectivity index (χ3v) is 10.2. The molecule has 0 radical (unpaired) electrons. The van der Waals surface area contributed by atoms with Crippen LogP contribution in [0.5, 0.6) is 0 Å². The Morgan fingerprint density at radius 3 is 2.33 bits per heavy atom. The Morgan fingerprint density at radius 1 is 0.923 bits per heavy atom. The average molecular weight is 569 g/mol. The highest BCUT2D eigenvalue weighted by Crippen LogP contribution is 2.51. The fraction of sp³-hybridized carbons (Fsp3) is 0.562. The standard InChI is InChI=1S/C32H39Cl2N3O2/c1-19-10-23-11-26(33)7-5-22(23)17-36(19)31(39)28-13-24(28)15-32(2,3)29-14-20-4-6-27(34)12-25(20)18-37(29)30(38)21-8-9-35-16-21/h4-7,11-12,19,21,24,28-29,35H,8-10,13-18H2,1-3H3/t19-,21-,24?,28?,29+/m0/s1. The van der Waals surface area contributed by atoms with Gasteiger partial charge in [-0.05, 0) is 103 Å². The van der Waals surface area contributed by atoms with Gasteiger partial charge in [0, 0.05) is 47.7 Å². The van der Waals surface area contributed by atoms with Crippen LogP contribution < -0.4 is 5.32 Å². The molecule has 208 valence electrons. The second kappa shape index (κ2) is 10.4. The minimum Gasteiger partial charge on any atom is -0.335 e. The van der Waals surface area contributed by atoms with Crippen molar-refractivity contribution in [3.05, 3.63) is 68.7 Å². The Morgan fingerprint density at radius 2 is 1.62 bits per heavy atom. The third-order valence-electron chi connectivity index (χ3n) is 9.76. The van der Waals surface area contributed by atoms with Crippen molar-refractivity contribution >= 4 is 35.0 Å². The summed E-state index contributed by atoms with van der Waals surface area (Å²) < 4.78 is 0. The molecule has 2 aromatic carbocycles. The van der Waals surface area contributed by atoms with Crippen LogP contribution in [0.3, 0.4) is 0 Å². The molecule has 1 saturated heterocycles. The van der Waals surface area contributed by atoms with Gasteiger partial charge < -0.3 is 15.1 Å². The van der Waals surface area contributed by atoms with Crippen LogP contribution in [0.2, 0.25) is 10.0 Å². The van der Waals surface area contributed by atoms with Crippen LogP contribution >= 0.6 is 23.2 Å². The highest BCUT2D eigenvalue weighted by molar-refractivity contribution is 6.31. The summed E-state index contributed by atoms with van der Waals surface area (Å²) in [5, 5.41) is 4.84. The van der Waals surface area contributed by atoms with E-state index in [2.05, 4.69) is 48.0 Å². The highest BCUT2D eigenvalue weighted by Gasteiger charge is 2.51. The fourth-order valence-corrected chi connectivity index (χ4v) is 7.77. The molecule has 0 bridgehead atoms. The van der Waals surface area contributed by atoms with Crippen LogP contribution in [0, 0.1) is 23.2 Å². The lowest BCUT2D eigenvalue weighted by Crippen LogP contribution is -2.53. The quantitative estimate of drug-likeness (QED) is 0.490. The molecule has 3 heterocycles. The molecule has 1 aliphatic carbocycles. The van der Waals surface area contributed by atoms with Gasteiger partial charge in [-0.3, -0.25) is 9.59 Å². The maximum atomic E-state index is 13.8. The van der Waals surface area contributed by atoms with Gasteiger partial charge in [0.05, 0.1) is 5.92 Å². The van der Waals surface area contributed by atoms with Crippen molar-refractivity contribution in [3.63, 3.8) is 0 Å². The molecule has 1 saturated carbocycles. The minimum atomic E-state index is -0.115. The Hall–Kier alpha value is -2.08. The zero-order chi connectivity index (χ0) is 27.5. The van der Waals surface area contributed by atoms with E-state index >= 15 is 0 Å². The lowest BCUT2D eigenvalue weighted by molar-refractivity contribution is -0.142. The van der Waals surface area contributed by atoms with E-state index in [4.69, 9.17) is 23.2 Å². The van der Waals surface area contributed by atoms with E-state index in [0.717, 1.165) is 60.8 Å². The first-order valence-corrected chi connectivity index (χ1v) is 15.2. The number of hydrogen-bond donors (Lipinski definition) is 1. The van der Waals surface area contributed by atoms with Gasteiger partial charge >= 0.3 is 0 Å². The van der Waals surface area contributed by atoms with E-state index in [1.807, 2.05) is 24.3 Å². The van der Waals surface area contributed by atoms with Gasteiger partial charge in [-0.15, -0.1) is 0 Å². The third kappa shape index (κ3) is 5.35. The van der Waals surface area contributed by atoms with E-state index in [-0.39, 0.29) is 41.1 Å². The molecule has 5 nitrogen and oxygen atoms in total. The molecule has 2 aromatic rings. The van der Waals surface area contributed by atoms with Gasteiger partial charge in [0.1, 0.15) is 0 Å². The van der Waals surface area contributed by atoms with Gasteiger partial charge in [0.25, 0.3) is 0 Å². The Labute approximate surface area is 242 Å². The van der Waals surface area contributed by atoms with Crippen molar-refractivity contribution in [2.45, 2.75) is 78.0 Å². The summed E-state index contributed by atoms with van der Waals surface area (Å²) >= 11 is 12.5. The summed E-state index contributed by atoms with van der Waals surface area (Å²) in [6, 6.07) is 12.4. The number of benzene rings is 2. The number of fused-ring (bicyclic) bond motifs is 2. The van der Waals surface area contributed by atoms with Crippen molar-refractivity contribution in [1.29, 1.82) is 0 Å². The van der Waals surface area contributed by atoms with Crippen molar-refractivity contribution in [2.24, 2.45) is 23.2 Å². The van der Waals surface area contributed by atoms with Crippen molar-refractivity contribution in [3.8, 4) is 0 Å². The van der Waals surface area contributed by atoms with E-state index in [1.165, 1.54) is 16.7 Å². The van der Waals surface area contributed by atoms with Gasteiger partial charge in [-0.1, -0.05) is 49.2 Å². The molecule has 1 N–H and O–H groups in total. The van der Waals surface area contributed by atoms with Crippen LogP contribution in [0.1, 0.15) is 62.3 Å². The largest absolute Gasteiger partial charge is 0.335 e. The molecule has 6 rings (SSSR count). The maximum absolute atomic E-state index is 13.8. The zero-order valence-corrected chi connectivity index (χ0v) is 24.7. The van der Waals surface area contributed by atoms with Crippen LogP contribution in [-0.4, -0.2) is 46.8 Å². The molecule has 0 aromatic heterocycles. The number of carbonyl (C=O) groups is 2. The lowest BCUT2D eigenvalue weighted by Gasteiger charge is -2.47. The maximum Gasteiger partial charge on any atom is 0.227 e. The van der Waals surface area contributed by atoms with E-state index < -0.39 is 0 Å². The van der Waals surface area contributed by atoms with Crippen molar-refractivity contribution in [2.75, 3.05) is 13.1 Å². The first kappa shape index (κ1) is 27.1. The molecule has 4 aliphatic rings. The van der Waals surface area contributed by atoms with Gasteiger partial charge in [-0.2, -0.15) is 0 Å². The Bertz CT molecular complexity index is 1290. The van der Waals surface area contributed by atoms with Crippen LogP contribution in [-0.2, 0) is 35.5 Å². The monoisotopic (exact) mass is 567 g/mol. The smallest absolute Gasteiger partial charge is 0.227 e. The van der Waals surface area contributed by atoms with Gasteiger partial charge in [0.15, 0.2) is 0 Å². The predicted octanol–water partition coefficient (Wildman–Crippen LogP) is 5.88. The number of hydrogen-bond acceptors (Lipinski definition) is 3. The van der Waals surface area contributed by atoms with E-state index in [0.29, 0.717) is 19.0 Å². The Kier molecular flexibility index (Phi) is 7.22. The van der Waals surface area contributed by atoms with Crippen molar-refractivity contribution < 1.29 is 9.59 Å². The summed E-state index contributed by atoms with van der Waals surface area (Å²) in [6.45, 7) is 9.69. The lowest BCUT2D eigenvalue weighted by atomic mass is 9.73. The molecular weight excluding hydrogens is 529 g/mol. The average Bonchev–Trinajstić information content (AvgIpc) is 3.42. The Balaban J connectivity index is 1.17. The molecule has 39 heavy (non-hydrogen) atoms. The molecular formula is C32H39Cl2N3O2. The summed E-state index contributed by atoms with van der Waals surface area (Å²) in [4.78, 5) is 31.7. The van der Waals surface area contributed by atoms with Gasteiger partial charge in [0.2, 0.25) is 11.8 Å². The number of carbonyl (C=O) groups excluding carboxylic acids is 2.